The molecule has 0 bridgehead atoms. The first-order chi connectivity index (χ1) is 10.1. The van der Waals surface area contributed by atoms with E-state index >= 15 is 0 Å². The Morgan fingerprint density at radius 1 is 1.14 bits per heavy atom. The highest BCUT2D eigenvalue weighted by atomic mass is 16.3. The highest BCUT2D eigenvalue weighted by Gasteiger charge is 2.52. The normalized spacial score (nSPS) is 38.7. The van der Waals surface area contributed by atoms with Crippen molar-refractivity contribution in [2.75, 3.05) is 19.6 Å². The van der Waals surface area contributed by atoms with Crippen LogP contribution < -0.4 is 0 Å². The molecule has 0 radical (unpaired) electrons. The van der Waals surface area contributed by atoms with Gasteiger partial charge in [0.15, 0.2) is 0 Å². The maximum Gasteiger partial charge on any atom is 0.0861 e. The minimum Gasteiger partial charge on any atom is -0.388 e. The van der Waals surface area contributed by atoms with Crippen LogP contribution in [0.15, 0.2) is 0 Å². The van der Waals surface area contributed by atoms with Gasteiger partial charge in [-0.2, -0.15) is 5.26 Å². The maximum atomic E-state index is 11.3. The Morgan fingerprint density at radius 3 is 2.43 bits per heavy atom. The zero-order chi connectivity index (χ0) is 15.3. The Morgan fingerprint density at radius 2 is 1.86 bits per heavy atom. The van der Waals surface area contributed by atoms with Crippen molar-refractivity contribution < 1.29 is 5.11 Å². The lowest BCUT2D eigenvalue weighted by molar-refractivity contribution is -0.0878. The van der Waals surface area contributed by atoms with Gasteiger partial charge in [0, 0.05) is 6.54 Å². The molecule has 0 aromatic carbocycles. The van der Waals surface area contributed by atoms with E-state index in [0.29, 0.717) is 0 Å². The molecule has 3 nitrogen and oxygen atoms in total. The van der Waals surface area contributed by atoms with E-state index in [1.54, 1.807) is 0 Å². The molecule has 1 aliphatic heterocycles. The van der Waals surface area contributed by atoms with Crippen LogP contribution in [0.3, 0.4) is 0 Å². The van der Waals surface area contributed by atoms with E-state index in [9.17, 15) is 10.4 Å². The molecule has 2 aliphatic rings. The van der Waals surface area contributed by atoms with Crippen LogP contribution in [0, 0.1) is 22.7 Å². The fraction of sp³-hybridized carbons (Fsp3) is 0.944. The monoisotopic (exact) mass is 292 g/mol. The van der Waals surface area contributed by atoms with Crippen LogP contribution in [0.2, 0.25) is 0 Å². The van der Waals surface area contributed by atoms with Gasteiger partial charge < -0.3 is 10.0 Å². The van der Waals surface area contributed by atoms with Crippen LogP contribution in [0.1, 0.15) is 71.6 Å². The van der Waals surface area contributed by atoms with Crippen LogP contribution in [-0.2, 0) is 0 Å². The van der Waals surface area contributed by atoms with Crippen LogP contribution in [0.25, 0.3) is 0 Å². The summed E-state index contributed by atoms with van der Waals surface area (Å²) in [6, 6.07) is 2.58. The Labute approximate surface area is 130 Å². The van der Waals surface area contributed by atoms with Crippen LogP contribution in [0.4, 0.5) is 0 Å². The number of hydrogen-bond acceptors (Lipinski definition) is 3. The second-order valence-corrected chi connectivity index (χ2v) is 7.27. The Balaban J connectivity index is 2.08. The van der Waals surface area contributed by atoms with Crippen molar-refractivity contribution in [3.05, 3.63) is 0 Å². The average Bonchev–Trinajstić information content (AvgIpc) is 2.71. The number of likely N-dealkylation sites (tertiary alicyclic amines) is 1. The van der Waals surface area contributed by atoms with E-state index in [2.05, 4.69) is 24.8 Å². The summed E-state index contributed by atoms with van der Waals surface area (Å²) < 4.78 is 0. The van der Waals surface area contributed by atoms with Crippen LogP contribution in [-0.4, -0.2) is 35.2 Å². The number of nitriles is 1. The molecule has 1 unspecified atom stereocenters. The fourth-order valence-corrected chi connectivity index (χ4v) is 4.45. The van der Waals surface area contributed by atoms with Gasteiger partial charge in [0.1, 0.15) is 0 Å². The van der Waals surface area contributed by atoms with E-state index in [0.717, 1.165) is 70.5 Å². The summed E-state index contributed by atoms with van der Waals surface area (Å²) in [5.74, 6) is 0.762. The van der Waals surface area contributed by atoms with Gasteiger partial charge in [-0.25, -0.2) is 0 Å². The molecular weight excluding hydrogens is 260 g/mol. The fourth-order valence-electron chi connectivity index (χ4n) is 4.45. The quantitative estimate of drug-likeness (QED) is 0.859. The zero-order valence-electron chi connectivity index (χ0n) is 13.9. The second kappa shape index (κ2) is 7.11. The molecule has 1 heterocycles. The summed E-state index contributed by atoms with van der Waals surface area (Å²) in [5, 5.41) is 21.2. The maximum absolute atomic E-state index is 11.3. The Bertz CT molecular complexity index is 368. The molecule has 0 spiro atoms. The standard InChI is InChI=1S/C18H32N2O/c1-3-12-20-13-5-8-18(21,11-14-20)17(15-19)9-6-16(4-2)7-10-17/h16,21H,3-14H2,1-2H3. The van der Waals surface area contributed by atoms with E-state index in [1.807, 2.05) is 0 Å². The van der Waals surface area contributed by atoms with E-state index in [1.165, 1.54) is 12.8 Å². The number of hydrogen-bond donors (Lipinski definition) is 1. The summed E-state index contributed by atoms with van der Waals surface area (Å²) in [6.45, 7) is 7.60. The van der Waals surface area contributed by atoms with Crippen molar-refractivity contribution >= 4 is 0 Å². The predicted molar refractivity (Wildman–Crippen MR) is 85.8 cm³/mol. The van der Waals surface area contributed by atoms with Gasteiger partial charge in [0.25, 0.3) is 0 Å². The van der Waals surface area contributed by atoms with Gasteiger partial charge in [-0.3, -0.25) is 0 Å². The number of nitrogens with zero attached hydrogens (tertiary/aromatic N) is 2. The molecular formula is C18H32N2O. The third-order valence-corrected chi connectivity index (χ3v) is 6.09. The van der Waals surface area contributed by atoms with Crippen molar-refractivity contribution in [1.29, 1.82) is 5.26 Å². The molecule has 120 valence electrons. The molecule has 2 rings (SSSR count). The molecule has 2 fully saturated rings. The van der Waals surface area contributed by atoms with Crippen molar-refractivity contribution in [2.45, 2.75) is 77.2 Å². The van der Waals surface area contributed by atoms with Gasteiger partial charge in [0.05, 0.1) is 17.1 Å². The van der Waals surface area contributed by atoms with Crippen molar-refractivity contribution in [3.63, 3.8) is 0 Å². The molecule has 0 aromatic heterocycles. The number of rotatable bonds is 4. The van der Waals surface area contributed by atoms with Crippen molar-refractivity contribution in [3.8, 4) is 6.07 Å². The SMILES string of the molecule is CCCN1CCCC(O)(C2(C#N)CCC(CC)CC2)CC1. The summed E-state index contributed by atoms with van der Waals surface area (Å²) in [4.78, 5) is 2.46. The van der Waals surface area contributed by atoms with Gasteiger partial charge in [-0.05, 0) is 70.4 Å². The molecule has 1 aliphatic carbocycles. The van der Waals surface area contributed by atoms with Gasteiger partial charge in [-0.15, -0.1) is 0 Å². The minimum absolute atomic E-state index is 0.485. The predicted octanol–water partition coefficient (Wildman–Crippen LogP) is 3.72. The first-order valence-corrected chi connectivity index (χ1v) is 8.95. The highest BCUT2D eigenvalue weighted by molar-refractivity contribution is 5.13. The molecule has 0 aromatic rings. The molecule has 1 N–H and O–H groups in total. The summed E-state index contributed by atoms with van der Waals surface area (Å²) >= 11 is 0. The molecule has 1 saturated carbocycles. The summed E-state index contributed by atoms with van der Waals surface area (Å²) in [7, 11) is 0. The zero-order valence-corrected chi connectivity index (χ0v) is 13.9. The lowest BCUT2D eigenvalue weighted by atomic mass is 9.59. The highest BCUT2D eigenvalue weighted by Crippen LogP contribution is 2.50. The van der Waals surface area contributed by atoms with Gasteiger partial charge >= 0.3 is 0 Å². The molecule has 21 heavy (non-hydrogen) atoms. The van der Waals surface area contributed by atoms with E-state index < -0.39 is 11.0 Å². The topological polar surface area (TPSA) is 47.3 Å². The molecule has 1 saturated heterocycles. The third kappa shape index (κ3) is 3.43. The second-order valence-electron chi connectivity index (χ2n) is 7.27. The van der Waals surface area contributed by atoms with Crippen LogP contribution in [0.5, 0.6) is 0 Å². The smallest absolute Gasteiger partial charge is 0.0861 e. The molecule has 1 atom stereocenters. The summed E-state index contributed by atoms with van der Waals surface area (Å²) in [5.41, 5.74) is -1.25. The largest absolute Gasteiger partial charge is 0.388 e. The van der Waals surface area contributed by atoms with Crippen LogP contribution >= 0.6 is 0 Å². The van der Waals surface area contributed by atoms with E-state index in [-0.39, 0.29) is 0 Å². The first-order valence-electron chi connectivity index (χ1n) is 8.95. The first kappa shape index (κ1) is 16.8. The van der Waals surface area contributed by atoms with Gasteiger partial charge in [0.2, 0.25) is 0 Å². The van der Waals surface area contributed by atoms with Crippen molar-refractivity contribution in [2.24, 2.45) is 11.3 Å². The average molecular weight is 292 g/mol. The van der Waals surface area contributed by atoms with E-state index in [4.69, 9.17) is 0 Å². The Hall–Kier alpha value is -0.590. The lowest BCUT2D eigenvalue weighted by Crippen LogP contribution is -2.50. The third-order valence-electron chi connectivity index (χ3n) is 6.09. The molecule has 3 heteroatoms. The molecule has 0 amide bonds. The minimum atomic E-state index is -0.761. The van der Waals surface area contributed by atoms with Crippen molar-refractivity contribution in [1.82, 2.24) is 4.90 Å². The lowest BCUT2D eigenvalue weighted by Gasteiger charge is -2.46. The Kier molecular flexibility index (Phi) is 5.68. The van der Waals surface area contributed by atoms with Gasteiger partial charge in [-0.1, -0.05) is 20.3 Å². The number of aliphatic hydroxyl groups is 1. The summed E-state index contributed by atoms with van der Waals surface area (Å²) in [6.07, 6.45) is 9.00.